The number of aromatic nitrogens is 1. The van der Waals surface area contributed by atoms with Gasteiger partial charge in [-0.25, -0.2) is 0 Å². The van der Waals surface area contributed by atoms with Crippen molar-refractivity contribution in [2.45, 2.75) is 6.92 Å². The Kier molecular flexibility index (Phi) is 2.08. The molecule has 1 aromatic carbocycles. The van der Waals surface area contributed by atoms with Crippen LogP contribution in [0, 0.1) is 11.8 Å². The molecule has 1 N–H and O–H groups in total. The quantitative estimate of drug-likeness (QED) is 0.636. The average Bonchev–Trinajstić information content (AvgIpc) is 2.23. The zero-order valence-electron chi connectivity index (χ0n) is 7.78. The minimum absolute atomic E-state index is 0.164. The molecule has 2 aromatic rings. The van der Waals surface area contributed by atoms with Gasteiger partial charge in [0.2, 0.25) is 0 Å². The lowest BCUT2D eigenvalue weighted by molar-refractivity contribution is 0.479. The lowest BCUT2D eigenvalue weighted by Gasteiger charge is -2.01. The molecule has 0 spiro atoms. The van der Waals surface area contributed by atoms with Gasteiger partial charge in [-0.05, 0) is 19.1 Å². The van der Waals surface area contributed by atoms with Gasteiger partial charge in [0.1, 0.15) is 5.52 Å². The summed E-state index contributed by atoms with van der Waals surface area (Å²) in [7, 11) is 0. The summed E-state index contributed by atoms with van der Waals surface area (Å²) in [6.45, 7) is 1.74. The van der Waals surface area contributed by atoms with Gasteiger partial charge in [0.05, 0.1) is 5.56 Å². The molecular formula is C12H9NO. The molecule has 0 saturated heterocycles. The number of nitrogens with zero attached hydrogens (tertiary/aromatic N) is 1. The Morgan fingerprint density at radius 2 is 2.14 bits per heavy atom. The van der Waals surface area contributed by atoms with Gasteiger partial charge in [0.15, 0.2) is 5.75 Å². The fourth-order valence-electron chi connectivity index (χ4n) is 1.37. The Morgan fingerprint density at radius 1 is 1.29 bits per heavy atom. The molecule has 0 aliphatic carbocycles. The highest BCUT2D eigenvalue weighted by atomic mass is 16.3. The maximum atomic E-state index is 9.82. The molecule has 0 amide bonds. The Bertz CT molecular complexity index is 535. The van der Waals surface area contributed by atoms with Gasteiger partial charge >= 0.3 is 0 Å². The van der Waals surface area contributed by atoms with Gasteiger partial charge in [0.25, 0.3) is 0 Å². The molecule has 2 nitrogen and oxygen atoms in total. The summed E-state index contributed by atoms with van der Waals surface area (Å²) >= 11 is 0. The molecule has 2 heteroatoms. The van der Waals surface area contributed by atoms with Crippen LogP contribution in [0.25, 0.3) is 10.9 Å². The third-order valence-electron chi connectivity index (χ3n) is 2.01. The Balaban J connectivity index is 2.79. The van der Waals surface area contributed by atoms with Crippen molar-refractivity contribution in [3.05, 3.63) is 36.0 Å². The van der Waals surface area contributed by atoms with Gasteiger partial charge in [-0.2, -0.15) is 0 Å². The number of phenolic OH excluding ortho intramolecular Hbond substituents is 1. The molecule has 68 valence electrons. The molecule has 0 atom stereocenters. The molecule has 0 radical (unpaired) electrons. The fraction of sp³-hybridized carbons (Fsp3) is 0.0833. The van der Waals surface area contributed by atoms with E-state index in [1.807, 2.05) is 18.2 Å². The van der Waals surface area contributed by atoms with Crippen LogP contribution in [0.15, 0.2) is 30.5 Å². The van der Waals surface area contributed by atoms with E-state index in [0.717, 1.165) is 5.39 Å². The van der Waals surface area contributed by atoms with E-state index in [0.29, 0.717) is 11.1 Å². The lowest BCUT2D eigenvalue weighted by Crippen LogP contribution is -1.82. The molecular weight excluding hydrogens is 174 g/mol. The first kappa shape index (κ1) is 8.58. The van der Waals surface area contributed by atoms with Crippen molar-refractivity contribution in [3.8, 4) is 17.6 Å². The molecule has 0 fully saturated rings. The van der Waals surface area contributed by atoms with Crippen LogP contribution in [0.3, 0.4) is 0 Å². The smallest absolute Gasteiger partial charge is 0.157 e. The highest BCUT2D eigenvalue weighted by Crippen LogP contribution is 2.25. The van der Waals surface area contributed by atoms with Crippen molar-refractivity contribution in [2.75, 3.05) is 0 Å². The van der Waals surface area contributed by atoms with Crippen molar-refractivity contribution in [3.63, 3.8) is 0 Å². The number of hydrogen-bond acceptors (Lipinski definition) is 2. The highest BCUT2D eigenvalue weighted by Gasteiger charge is 2.04. The maximum Gasteiger partial charge on any atom is 0.157 e. The summed E-state index contributed by atoms with van der Waals surface area (Å²) in [5, 5.41) is 10.7. The number of aromatic hydroxyl groups is 1. The van der Waals surface area contributed by atoms with Gasteiger partial charge in [-0.15, -0.1) is 5.92 Å². The van der Waals surface area contributed by atoms with Crippen LogP contribution in [0.2, 0.25) is 0 Å². The van der Waals surface area contributed by atoms with Gasteiger partial charge in [-0.3, -0.25) is 4.98 Å². The van der Waals surface area contributed by atoms with E-state index in [1.54, 1.807) is 19.2 Å². The van der Waals surface area contributed by atoms with Crippen molar-refractivity contribution in [2.24, 2.45) is 0 Å². The van der Waals surface area contributed by atoms with Crippen LogP contribution in [0.4, 0.5) is 0 Å². The molecule has 2 rings (SSSR count). The maximum absolute atomic E-state index is 9.82. The zero-order valence-corrected chi connectivity index (χ0v) is 7.78. The van der Waals surface area contributed by atoms with E-state index in [9.17, 15) is 5.11 Å². The molecule has 14 heavy (non-hydrogen) atoms. The molecule has 1 aromatic heterocycles. The van der Waals surface area contributed by atoms with E-state index in [2.05, 4.69) is 16.8 Å². The van der Waals surface area contributed by atoms with E-state index >= 15 is 0 Å². The van der Waals surface area contributed by atoms with E-state index in [1.165, 1.54) is 0 Å². The van der Waals surface area contributed by atoms with E-state index < -0.39 is 0 Å². The average molecular weight is 183 g/mol. The summed E-state index contributed by atoms with van der Waals surface area (Å²) in [5.41, 5.74) is 1.23. The summed E-state index contributed by atoms with van der Waals surface area (Å²) < 4.78 is 0. The topological polar surface area (TPSA) is 33.1 Å². The van der Waals surface area contributed by atoms with Crippen LogP contribution in [-0.2, 0) is 0 Å². The van der Waals surface area contributed by atoms with Crippen LogP contribution >= 0.6 is 0 Å². The molecule has 0 bridgehead atoms. The minimum atomic E-state index is 0.164. The van der Waals surface area contributed by atoms with Crippen LogP contribution in [0.1, 0.15) is 12.5 Å². The molecule has 1 heterocycles. The third-order valence-corrected chi connectivity index (χ3v) is 2.01. The number of pyridine rings is 1. The molecule has 0 aliphatic heterocycles. The SMILES string of the molecule is CC#Cc1ccc2cccnc2c1O. The Hall–Kier alpha value is -2.01. The summed E-state index contributed by atoms with van der Waals surface area (Å²) in [6, 6.07) is 7.45. The second-order valence-corrected chi connectivity index (χ2v) is 2.91. The number of phenols is 1. The Labute approximate surface area is 82.2 Å². The summed E-state index contributed by atoms with van der Waals surface area (Å²) in [6.07, 6.45) is 1.66. The third kappa shape index (κ3) is 1.29. The van der Waals surface area contributed by atoms with Gasteiger partial charge in [0, 0.05) is 11.6 Å². The number of fused-ring (bicyclic) bond motifs is 1. The predicted molar refractivity (Wildman–Crippen MR) is 56.0 cm³/mol. The zero-order chi connectivity index (χ0) is 9.97. The van der Waals surface area contributed by atoms with E-state index in [-0.39, 0.29) is 5.75 Å². The summed E-state index contributed by atoms with van der Waals surface area (Å²) in [5.74, 6) is 5.74. The van der Waals surface area contributed by atoms with Gasteiger partial charge < -0.3 is 5.11 Å². The number of rotatable bonds is 0. The normalized spacial score (nSPS) is 9.50. The first-order chi connectivity index (χ1) is 6.83. The predicted octanol–water partition coefficient (Wildman–Crippen LogP) is 2.31. The van der Waals surface area contributed by atoms with Crippen LogP contribution in [-0.4, -0.2) is 10.1 Å². The standard InChI is InChI=1S/C12H9NO/c1-2-4-10-7-6-9-5-3-8-13-11(9)12(10)14/h3,5-8,14H,1H3. The molecule has 0 saturated carbocycles. The lowest BCUT2D eigenvalue weighted by atomic mass is 10.1. The second-order valence-electron chi connectivity index (χ2n) is 2.91. The second kappa shape index (κ2) is 3.39. The van der Waals surface area contributed by atoms with Crippen molar-refractivity contribution >= 4 is 10.9 Å². The summed E-state index contributed by atoms with van der Waals surface area (Å²) in [4.78, 5) is 4.11. The van der Waals surface area contributed by atoms with E-state index in [4.69, 9.17) is 0 Å². The van der Waals surface area contributed by atoms with Crippen molar-refractivity contribution < 1.29 is 5.11 Å². The van der Waals surface area contributed by atoms with Crippen LogP contribution in [0.5, 0.6) is 5.75 Å². The first-order valence-electron chi connectivity index (χ1n) is 4.32. The first-order valence-corrected chi connectivity index (χ1v) is 4.32. The fourth-order valence-corrected chi connectivity index (χ4v) is 1.37. The van der Waals surface area contributed by atoms with Crippen molar-refractivity contribution in [1.82, 2.24) is 4.98 Å². The van der Waals surface area contributed by atoms with Crippen LogP contribution < -0.4 is 0 Å². The Morgan fingerprint density at radius 3 is 2.93 bits per heavy atom. The highest BCUT2D eigenvalue weighted by molar-refractivity contribution is 5.86. The largest absolute Gasteiger partial charge is 0.504 e. The van der Waals surface area contributed by atoms with Gasteiger partial charge in [-0.1, -0.05) is 18.1 Å². The minimum Gasteiger partial charge on any atom is -0.504 e. The van der Waals surface area contributed by atoms with Crippen molar-refractivity contribution in [1.29, 1.82) is 0 Å². The molecule has 0 unspecified atom stereocenters. The monoisotopic (exact) mass is 183 g/mol. The number of benzene rings is 1. The number of hydrogen-bond donors (Lipinski definition) is 1. The molecule has 0 aliphatic rings.